The number of hydrogen-bond donors (Lipinski definition) is 0. The van der Waals surface area contributed by atoms with Crippen molar-refractivity contribution in [1.29, 1.82) is 0 Å². The molecule has 0 amide bonds. The maximum absolute atomic E-state index is 2.43. The molecule has 2 aromatic heterocycles. The van der Waals surface area contributed by atoms with Crippen molar-refractivity contribution in [2.75, 3.05) is 4.90 Å². The lowest BCUT2D eigenvalue weighted by molar-refractivity contribution is 1.17. The maximum atomic E-state index is 2.43. The van der Waals surface area contributed by atoms with Crippen molar-refractivity contribution in [3.63, 3.8) is 0 Å². The fraction of sp³-hybridized carbons (Fsp3) is 0. The summed E-state index contributed by atoms with van der Waals surface area (Å²) in [6, 6.07) is 90.2. The normalized spacial score (nSPS) is 11.5. The summed E-state index contributed by atoms with van der Waals surface area (Å²) in [5.74, 6) is 0. The second kappa shape index (κ2) is 15.3. The number of anilines is 3. The third-order valence-electron chi connectivity index (χ3n) is 12.5. The standard InChI is InChI=1S/C60H41N3/c1-6-17-42(18-7-1)44-29-32-49(33-30-44)61(50-35-38-57-55(40-50)54-39-46(43-19-8-2-9-20-43)31-37-56(54)62(57)47-23-12-4-13-24-47)51-34-36-53-59(41-51)63(48-25-14-5-15-26-48)58-28-16-27-52(60(53)58)45-21-10-3-11-22-45/h1-41H. The van der Waals surface area contributed by atoms with Crippen LogP contribution in [0.2, 0.25) is 0 Å². The van der Waals surface area contributed by atoms with E-state index in [1.165, 1.54) is 66.0 Å². The van der Waals surface area contributed by atoms with Crippen molar-refractivity contribution >= 4 is 60.7 Å². The number of hydrogen-bond acceptors (Lipinski definition) is 1. The molecule has 12 rings (SSSR count). The molecule has 296 valence electrons. The van der Waals surface area contributed by atoms with Crippen molar-refractivity contribution in [3.8, 4) is 44.8 Å². The molecular weight excluding hydrogens is 763 g/mol. The zero-order valence-electron chi connectivity index (χ0n) is 34.5. The average molecular weight is 804 g/mol. The Kier molecular flexibility index (Phi) is 8.83. The summed E-state index contributed by atoms with van der Waals surface area (Å²) in [5, 5.41) is 4.87. The van der Waals surface area contributed by atoms with Gasteiger partial charge in [0.05, 0.1) is 22.1 Å². The number of para-hydroxylation sites is 2. The van der Waals surface area contributed by atoms with Gasteiger partial charge in [0, 0.05) is 50.0 Å². The van der Waals surface area contributed by atoms with Crippen molar-refractivity contribution < 1.29 is 0 Å². The van der Waals surface area contributed by atoms with Gasteiger partial charge in [0.2, 0.25) is 0 Å². The SMILES string of the molecule is c1ccc(-c2ccc(N(c3ccc4c(c3)c3cc(-c5ccccc5)ccc3n4-c3ccccc3)c3ccc4c5c(-c6ccccc6)cccc5n(-c5ccccc5)c4c3)cc2)cc1. The van der Waals surface area contributed by atoms with Gasteiger partial charge in [-0.25, -0.2) is 0 Å². The van der Waals surface area contributed by atoms with Crippen LogP contribution in [-0.2, 0) is 0 Å². The van der Waals surface area contributed by atoms with Crippen LogP contribution in [0.5, 0.6) is 0 Å². The third kappa shape index (κ3) is 6.29. The molecule has 0 unspecified atom stereocenters. The Bertz CT molecular complexity index is 3570. The molecule has 0 spiro atoms. The Balaban J connectivity index is 1.11. The number of fused-ring (bicyclic) bond motifs is 6. The summed E-state index contributed by atoms with van der Waals surface area (Å²) < 4.78 is 4.83. The molecule has 0 fully saturated rings. The molecule has 0 radical (unpaired) electrons. The van der Waals surface area contributed by atoms with Gasteiger partial charge in [0.25, 0.3) is 0 Å². The van der Waals surface area contributed by atoms with E-state index in [2.05, 4.69) is 263 Å². The minimum Gasteiger partial charge on any atom is -0.310 e. The van der Waals surface area contributed by atoms with Gasteiger partial charge in [-0.05, 0) is 118 Å². The Morgan fingerprint density at radius 3 is 1.35 bits per heavy atom. The first-order valence-corrected chi connectivity index (χ1v) is 21.6. The van der Waals surface area contributed by atoms with Gasteiger partial charge >= 0.3 is 0 Å². The highest BCUT2D eigenvalue weighted by Crippen LogP contribution is 2.45. The fourth-order valence-electron chi connectivity index (χ4n) is 9.60. The van der Waals surface area contributed by atoms with Gasteiger partial charge < -0.3 is 14.0 Å². The highest BCUT2D eigenvalue weighted by Gasteiger charge is 2.22. The highest BCUT2D eigenvalue weighted by molar-refractivity contribution is 6.17. The van der Waals surface area contributed by atoms with Crippen LogP contribution in [-0.4, -0.2) is 9.13 Å². The smallest absolute Gasteiger partial charge is 0.0562 e. The summed E-state index contributed by atoms with van der Waals surface area (Å²) in [6.45, 7) is 0. The minimum atomic E-state index is 1.08. The van der Waals surface area contributed by atoms with E-state index in [1.807, 2.05) is 0 Å². The lowest BCUT2D eigenvalue weighted by atomic mass is 9.99. The minimum absolute atomic E-state index is 1.08. The van der Waals surface area contributed by atoms with Crippen LogP contribution in [0.1, 0.15) is 0 Å². The lowest BCUT2D eigenvalue weighted by Crippen LogP contribution is -2.10. The van der Waals surface area contributed by atoms with Crippen molar-refractivity contribution in [1.82, 2.24) is 9.13 Å². The van der Waals surface area contributed by atoms with Gasteiger partial charge in [-0.3, -0.25) is 0 Å². The van der Waals surface area contributed by atoms with Crippen LogP contribution in [0.25, 0.3) is 88.4 Å². The van der Waals surface area contributed by atoms with E-state index in [9.17, 15) is 0 Å². The third-order valence-corrected chi connectivity index (χ3v) is 12.5. The van der Waals surface area contributed by atoms with Crippen LogP contribution >= 0.6 is 0 Å². The molecule has 0 aliphatic rings. The molecule has 0 atom stereocenters. The monoisotopic (exact) mass is 803 g/mol. The topological polar surface area (TPSA) is 13.1 Å². The van der Waals surface area contributed by atoms with Gasteiger partial charge in [0.1, 0.15) is 0 Å². The van der Waals surface area contributed by atoms with E-state index >= 15 is 0 Å². The molecule has 0 aliphatic carbocycles. The molecule has 10 aromatic carbocycles. The predicted molar refractivity (Wildman–Crippen MR) is 266 cm³/mol. The quantitative estimate of drug-likeness (QED) is 0.149. The predicted octanol–water partition coefficient (Wildman–Crippen LogP) is 16.4. The maximum Gasteiger partial charge on any atom is 0.0562 e. The molecule has 63 heavy (non-hydrogen) atoms. The van der Waals surface area contributed by atoms with Gasteiger partial charge in [-0.1, -0.05) is 164 Å². The van der Waals surface area contributed by atoms with Crippen molar-refractivity contribution in [3.05, 3.63) is 249 Å². The Morgan fingerprint density at radius 1 is 0.254 bits per heavy atom. The summed E-state index contributed by atoms with van der Waals surface area (Å²) in [4.78, 5) is 2.42. The van der Waals surface area contributed by atoms with Crippen molar-refractivity contribution in [2.24, 2.45) is 0 Å². The number of benzene rings is 10. The van der Waals surface area contributed by atoms with E-state index in [1.54, 1.807) is 0 Å². The van der Waals surface area contributed by atoms with E-state index in [4.69, 9.17) is 0 Å². The van der Waals surface area contributed by atoms with Gasteiger partial charge in [-0.15, -0.1) is 0 Å². The molecule has 0 saturated carbocycles. The van der Waals surface area contributed by atoms with Gasteiger partial charge in [-0.2, -0.15) is 0 Å². The molecule has 0 bridgehead atoms. The van der Waals surface area contributed by atoms with Crippen LogP contribution in [0.4, 0.5) is 17.1 Å². The van der Waals surface area contributed by atoms with Crippen LogP contribution in [0.3, 0.4) is 0 Å². The Labute approximate surface area is 366 Å². The molecule has 0 aliphatic heterocycles. The fourth-order valence-corrected chi connectivity index (χ4v) is 9.60. The summed E-state index contributed by atoms with van der Waals surface area (Å²) in [5.41, 5.74) is 17.4. The number of nitrogens with zero attached hydrogens (tertiary/aromatic N) is 3. The molecule has 0 N–H and O–H groups in total. The molecule has 3 heteroatoms. The molecule has 12 aromatic rings. The van der Waals surface area contributed by atoms with Crippen LogP contribution < -0.4 is 4.90 Å². The van der Waals surface area contributed by atoms with E-state index in [0.717, 1.165) is 39.5 Å². The zero-order chi connectivity index (χ0) is 41.7. The van der Waals surface area contributed by atoms with E-state index < -0.39 is 0 Å². The lowest BCUT2D eigenvalue weighted by Gasteiger charge is -2.26. The first-order valence-electron chi connectivity index (χ1n) is 21.6. The summed E-state index contributed by atoms with van der Waals surface area (Å²) in [7, 11) is 0. The van der Waals surface area contributed by atoms with E-state index in [-0.39, 0.29) is 0 Å². The Morgan fingerprint density at radius 2 is 0.714 bits per heavy atom. The van der Waals surface area contributed by atoms with Crippen LogP contribution in [0.15, 0.2) is 249 Å². The van der Waals surface area contributed by atoms with Gasteiger partial charge in [0.15, 0.2) is 0 Å². The van der Waals surface area contributed by atoms with Crippen LogP contribution in [0, 0.1) is 0 Å². The average Bonchev–Trinajstić information content (AvgIpc) is 3.87. The summed E-state index contributed by atoms with van der Waals surface area (Å²) in [6.07, 6.45) is 0. The zero-order valence-corrected chi connectivity index (χ0v) is 34.5. The molecule has 2 heterocycles. The highest BCUT2D eigenvalue weighted by atomic mass is 15.1. The number of rotatable bonds is 8. The molecular formula is C60H41N3. The first kappa shape index (κ1) is 36.5. The second-order valence-electron chi connectivity index (χ2n) is 16.2. The first-order chi connectivity index (χ1) is 31.3. The summed E-state index contributed by atoms with van der Waals surface area (Å²) >= 11 is 0. The second-order valence-corrected chi connectivity index (χ2v) is 16.2. The Hall–Kier alpha value is -8.40. The molecule has 0 saturated heterocycles. The largest absolute Gasteiger partial charge is 0.310 e. The molecule has 3 nitrogen and oxygen atoms in total. The number of aromatic nitrogens is 2. The van der Waals surface area contributed by atoms with Crippen molar-refractivity contribution in [2.45, 2.75) is 0 Å². The van der Waals surface area contributed by atoms with E-state index in [0.29, 0.717) is 0 Å².